The van der Waals surface area contributed by atoms with E-state index in [0.29, 0.717) is 5.92 Å². The summed E-state index contributed by atoms with van der Waals surface area (Å²) in [7, 11) is 2.00. The third-order valence-corrected chi connectivity index (χ3v) is 7.12. The van der Waals surface area contributed by atoms with Crippen LogP contribution in [0.2, 0.25) is 0 Å². The highest BCUT2D eigenvalue weighted by Crippen LogP contribution is 2.25. The van der Waals surface area contributed by atoms with Gasteiger partial charge in [0, 0.05) is 24.7 Å². The average Bonchev–Trinajstić information content (AvgIpc) is 2.84. The number of allylic oxidation sites excluding steroid dienone is 1. The van der Waals surface area contributed by atoms with Gasteiger partial charge in [-0.25, -0.2) is 4.98 Å². The van der Waals surface area contributed by atoms with Gasteiger partial charge in [-0.2, -0.15) is 0 Å². The first-order valence-corrected chi connectivity index (χ1v) is 13.5. The molecule has 1 unspecified atom stereocenters. The minimum atomic E-state index is 0.166. The summed E-state index contributed by atoms with van der Waals surface area (Å²) < 4.78 is 0. The summed E-state index contributed by atoms with van der Waals surface area (Å²) >= 11 is 1.80. The molecule has 0 fully saturated rings. The van der Waals surface area contributed by atoms with Gasteiger partial charge in [0.05, 0.1) is 11.1 Å². The summed E-state index contributed by atoms with van der Waals surface area (Å²) in [4.78, 5) is 4.75. The summed E-state index contributed by atoms with van der Waals surface area (Å²) in [6.07, 6.45) is 11.8. The summed E-state index contributed by atoms with van der Waals surface area (Å²) in [5, 5.41) is 8.00. The summed E-state index contributed by atoms with van der Waals surface area (Å²) in [6, 6.07) is 11.4. The molecule has 34 heavy (non-hydrogen) atoms. The highest BCUT2D eigenvalue weighted by molar-refractivity contribution is 7.98. The molecule has 0 saturated carbocycles. The smallest absolute Gasteiger partial charge is 0.0992 e. The van der Waals surface area contributed by atoms with E-state index in [-0.39, 0.29) is 6.04 Å². The van der Waals surface area contributed by atoms with Gasteiger partial charge in [0.25, 0.3) is 0 Å². The second-order valence-electron chi connectivity index (χ2n) is 9.07. The predicted octanol–water partition coefficient (Wildman–Crippen LogP) is 7.69. The molecule has 0 amide bonds. The van der Waals surface area contributed by atoms with Gasteiger partial charge >= 0.3 is 0 Å². The van der Waals surface area contributed by atoms with Gasteiger partial charge in [0.2, 0.25) is 0 Å². The van der Waals surface area contributed by atoms with Crippen molar-refractivity contribution >= 4 is 11.8 Å². The number of aromatic nitrogens is 1. The number of unbranched alkanes of at least 4 members (excludes halogenated alkanes) is 1. The molecule has 0 aliphatic carbocycles. The molecular weight excluding hydrogens is 434 g/mol. The maximum atomic E-state index is 4.75. The van der Waals surface area contributed by atoms with Crippen molar-refractivity contribution in [1.29, 1.82) is 0 Å². The topological polar surface area (TPSA) is 37.0 Å². The lowest BCUT2D eigenvalue weighted by molar-refractivity contribution is 0.731. The molecule has 0 bridgehead atoms. The van der Waals surface area contributed by atoms with E-state index >= 15 is 0 Å². The fraction of sp³-hybridized carbons (Fsp3) is 0.433. The van der Waals surface area contributed by atoms with Crippen LogP contribution in [0, 0.1) is 6.92 Å². The highest BCUT2D eigenvalue weighted by atomic mass is 32.2. The van der Waals surface area contributed by atoms with Gasteiger partial charge in [-0.15, -0.1) is 11.8 Å². The third-order valence-electron chi connectivity index (χ3n) is 5.94. The number of likely N-dealkylation sites (N-methyl/N-ethyl adjacent to an activating group) is 1. The van der Waals surface area contributed by atoms with E-state index in [1.165, 1.54) is 27.8 Å². The van der Waals surface area contributed by atoms with Gasteiger partial charge in [0.15, 0.2) is 0 Å². The molecule has 2 N–H and O–H groups in total. The largest absolute Gasteiger partial charge is 0.386 e. The molecule has 0 spiro atoms. The molecule has 1 aromatic heterocycles. The number of nitrogens with zero attached hydrogens (tertiary/aromatic N) is 1. The van der Waals surface area contributed by atoms with Gasteiger partial charge in [-0.1, -0.05) is 83.2 Å². The Morgan fingerprint density at radius 3 is 2.47 bits per heavy atom. The second kappa shape index (κ2) is 14.9. The lowest BCUT2D eigenvalue weighted by Crippen LogP contribution is -2.27. The van der Waals surface area contributed by atoms with E-state index in [1.54, 1.807) is 11.8 Å². The van der Waals surface area contributed by atoms with Crippen molar-refractivity contribution in [2.24, 2.45) is 0 Å². The second-order valence-corrected chi connectivity index (χ2v) is 10.0. The van der Waals surface area contributed by atoms with Crippen LogP contribution in [0.4, 0.5) is 0 Å². The first-order chi connectivity index (χ1) is 16.4. The van der Waals surface area contributed by atoms with Gasteiger partial charge in [-0.05, 0) is 66.1 Å². The van der Waals surface area contributed by atoms with Crippen molar-refractivity contribution in [2.45, 2.75) is 83.2 Å². The van der Waals surface area contributed by atoms with Crippen molar-refractivity contribution in [3.05, 3.63) is 94.9 Å². The van der Waals surface area contributed by atoms with E-state index in [9.17, 15) is 0 Å². The molecular formula is C30H43N3S. The molecule has 4 heteroatoms. The first-order valence-electron chi connectivity index (χ1n) is 12.5. The Morgan fingerprint density at radius 1 is 1.15 bits per heavy atom. The lowest BCUT2D eigenvalue weighted by Gasteiger charge is -2.19. The Balaban J connectivity index is 2.00. The molecule has 184 valence electrons. The first kappa shape index (κ1) is 27.9. The Kier molecular flexibility index (Phi) is 12.2. The fourth-order valence-electron chi connectivity index (χ4n) is 3.67. The number of aryl methyl sites for hydroxylation is 1. The van der Waals surface area contributed by atoms with Crippen LogP contribution < -0.4 is 10.6 Å². The quantitative estimate of drug-likeness (QED) is 0.166. The molecule has 1 aromatic carbocycles. The molecule has 1 atom stereocenters. The molecule has 3 nitrogen and oxygen atoms in total. The standard InChI is InChI=1S/C30H43N3S/c1-8-10-11-12-29(31-7)28(23(5)9-2)20-32-18-26-17-24(6)30(33-19-26)34-21-25-13-15-27(16-14-25)22(3)4/h11-17,19-20,22,29,31-32H,5,8-10,18,21H2,1-4,6-7H3/b12-11-,28-20-. The van der Waals surface area contributed by atoms with Crippen LogP contribution in [0.3, 0.4) is 0 Å². The Morgan fingerprint density at radius 2 is 1.88 bits per heavy atom. The predicted molar refractivity (Wildman–Crippen MR) is 150 cm³/mol. The van der Waals surface area contributed by atoms with Crippen LogP contribution in [0.25, 0.3) is 0 Å². The molecule has 0 radical (unpaired) electrons. The van der Waals surface area contributed by atoms with Gasteiger partial charge < -0.3 is 10.6 Å². The number of nitrogens with one attached hydrogen (secondary N) is 2. The van der Waals surface area contributed by atoms with Crippen molar-refractivity contribution < 1.29 is 0 Å². The van der Waals surface area contributed by atoms with Crippen molar-refractivity contribution in [3.63, 3.8) is 0 Å². The Labute approximate surface area is 212 Å². The molecule has 2 aromatic rings. The summed E-state index contributed by atoms with van der Waals surface area (Å²) in [6.45, 7) is 16.0. The molecule has 1 heterocycles. The zero-order valence-electron chi connectivity index (χ0n) is 21.9. The SMILES string of the molecule is C=C(CC)/C(=C/NCc1cnc(SCc2ccc(C(C)C)cc2)c(C)c1)C(/C=C\CCC)NC. The monoisotopic (exact) mass is 477 g/mol. The van der Waals surface area contributed by atoms with E-state index in [0.717, 1.165) is 42.2 Å². The van der Waals surface area contributed by atoms with Crippen molar-refractivity contribution in [2.75, 3.05) is 7.05 Å². The molecule has 2 rings (SSSR count). The molecule has 0 saturated heterocycles. The minimum Gasteiger partial charge on any atom is -0.386 e. The lowest BCUT2D eigenvalue weighted by atomic mass is 9.98. The van der Waals surface area contributed by atoms with Crippen LogP contribution in [-0.2, 0) is 12.3 Å². The highest BCUT2D eigenvalue weighted by Gasteiger charge is 2.11. The van der Waals surface area contributed by atoms with Crippen molar-refractivity contribution in [1.82, 2.24) is 15.6 Å². The van der Waals surface area contributed by atoms with Crippen LogP contribution >= 0.6 is 11.8 Å². The summed E-state index contributed by atoms with van der Waals surface area (Å²) in [5.74, 6) is 1.51. The number of benzene rings is 1. The van der Waals surface area contributed by atoms with Crippen LogP contribution in [0.5, 0.6) is 0 Å². The van der Waals surface area contributed by atoms with E-state index in [4.69, 9.17) is 4.98 Å². The van der Waals surface area contributed by atoms with Crippen molar-refractivity contribution in [3.8, 4) is 0 Å². The van der Waals surface area contributed by atoms with E-state index in [1.807, 2.05) is 13.2 Å². The van der Waals surface area contributed by atoms with E-state index in [2.05, 4.69) is 101 Å². The average molecular weight is 478 g/mol. The zero-order chi connectivity index (χ0) is 24.9. The maximum absolute atomic E-state index is 4.75. The number of thioether (sulfide) groups is 1. The molecule has 0 aliphatic rings. The normalized spacial score (nSPS) is 13.0. The van der Waals surface area contributed by atoms with E-state index < -0.39 is 0 Å². The van der Waals surface area contributed by atoms with Crippen LogP contribution in [0.1, 0.15) is 75.1 Å². The number of hydrogen-bond acceptors (Lipinski definition) is 4. The Hall–Kier alpha value is -2.30. The van der Waals surface area contributed by atoms with Gasteiger partial charge in [0.1, 0.15) is 0 Å². The fourth-order valence-corrected chi connectivity index (χ4v) is 4.58. The number of rotatable bonds is 14. The van der Waals surface area contributed by atoms with Crippen LogP contribution in [-0.4, -0.2) is 18.1 Å². The maximum Gasteiger partial charge on any atom is 0.0992 e. The number of pyridine rings is 1. The zero-order valence-corrected chi connectivity index (χ0v) is 22.8. The summed E-state index contributed by atoms with van der Waals surface area (Å²) in [5.41, 5.74) is 7.48. The Bertz CT molecular complexity index is 958. The van der Waals surface area contributed by atoms with Crippen LogP contribution in [0.15, 0.2) is 77.6 Å². The minimum absolute atomic E-state index is 0.166. The molecule has 0 aliphatic heterocycles. The third kappa shape index (κ3) is 8.81. The van der Waals surface area contributed by atoms with Gasteiger partial charge in [-0.3, -0.25) is 0 Å². The number of hydrogen-bond donors (Lipinski definition) is 2.